The van der Waals surface area contributed by atoms with E-state index in [9.17, 15) is 13.2 Å². The topological polar surface area (TPSA) is 74.7 Å². The van der Waals surface area contributed by atoms with Crippen LogP contribution in [0.4, 0.5) is 0 Å². The van der Waals surface area contributed by atoms with Gasteiger partial charge in [0.05, 0.1) is 11.3 Å². The lowest BCUT2D eigenvalue weighted by atomic mass is 10.2. The number of nitrogens with zero attached hydrogens (tertiary/aromatic N) is 1. The molecular weight excluding hydrogens is 298 g/mol. The van der Waals surface area contributed by atoms with Gasteiger partial charge in [0.15, 0.2) is 0 Å². The minimum atomic E-state index is -3.62. The van der Waals surface area contributed by atoms with Gasteiger partial charge < -0.3 is 5.11 Å². The molecule has 0 aliphatic carbocycles. The van der Waals surface area contributed by atoms with Gasteiger partial charge in [0.2, 0.25) is 10.0 Å². The van der Waals surface area contributed by atoms with Crippen molar-refractivity contribution in [3.8, 4) is 0 Å². The lowest BCUT2D eigenvalue weighted by molar-refractivity contribution is -0.137. The van der Waals surface area contributed by atoms with Gasteiger partial charge in [0.1, 0.15) is 0 Å². The molecule has 1 N–H and O–H groups in total. The lowest BCUT2D eigenvalue weighted by Gasteiger charge is -2.33. The zero-order chi connectivity index (χ0) is 14.8. The highest BCUT2D eigenvalue weighted by molar-refractivity contribution is 7.99. The fourth-order valence-electron chi connectivity index (χ4n) is 2.23. The van der Waals surface area contributed by atoms with E-state index in [0.717, 1.165) is 5.56 Å². The summed E-state index contributed by atoms with van der Waals surface area (Å²) in [6, 6.07) is 6.24. The van der Waals surface area contributed by atoms with Gasteiger partial charge >= 0.3 is 5.97 Å². The molecule has 1 aromatic rings. The second-order valence-electron chi connectivity index (χ2n) is 4.76. The molecule has 1 aliphatic heterocycles. The Kier molecular flexibility index (Phi) is 4.72. The number of benzene rings is 1. The van der Waals surface area contributed by atoms with Crippen LogP contribution in [0.25, 0.3) is 0 Å². The summed E-state index contributed by atoms with van der Waals surface area (Å²) in [5.74, 6) is 0.250. The first kappa shape index (κ1) is 15.3. The van der Waals surface area contributed by atoms with E-state index in [4.69, 9.17) is 5.11 Å². The summed E-state index contributed by atoms with van der Waals surface area (Å²) in [4.78, 5) is 11.1. The summed E-state index contributed by atoms with van der Waals surface area (Å²) in [5, 5.41) is 8.93. The van der Waals surface area contributed by atoms with Crippen molar-refractivity contribution in [3.63, 3.8) is 0 Å². The molecule has 110 valence electrons. The molecule has 1 aromatic carbocycles. The molecule has 0 amide bonds. The third-order valence-corrected chi connectivity index (χ3v) is 6.22. The number of hydrogen-bond acceptors (Lipinski definition) is 4. The monoisotopic (exact) mass is 315 g/mol. The first-order valence-electron chi connectivity index (χ1n) is 6.29. The van der Waals surface area contributed by atoms with Gasteiger partial charge in [-0.2, -0.15) is 16.1 Å². The third-order valence-electron chi connectivity index (χ3n) is 3.18. The molecule has 1 aliphatic rings. The summed E-state index contributed by atoms with van der Waals surface area (Å²) in [6.45, 7) is 2.19. The SMILES string of the molecule is Cc1cccc(S(=O)(=O)N2CCSCC2CC(=O)O)c1. The van der Waals surface area contributed by atoms with Crippen LogP contribution < -0.4 is 0 Å². The van der Waals surface area contributed by atoms with Crippen molar-refractivity contribution in [2.75, 3.05) is 18.1 Å². The number of thioether (sulfide) groups is 1. The van der Waals surface area contributed by atoms with Gasteiger partial charge in [-0.3, -0.25) is 4.79 Å². The molecule has 1 atom stereocenters. The fourth-order valence-corrected chi connectivity index (χ4v) is 5.23. The van der Waals surface area contributed by atoms with Crippen LogP contribution in [0.1, 0.15) is 12.0 Å². The summed E-state index contributed by atoms with van der Waals surface area (Å²) in [6.07, 6.45) is -0.155. The van der Waals surface area contributed by atoms with Crippen LogP contribution in [0, 0.1) is 6.92 Å². The van der Waals surface area contributed by atoms with Crippen molar-refractivity contribution in [2.45, 2.75) is 24.3 Å². The molecule has 7 heteroatoms. The summed E-state index contributed by atoms with van der Waals surface area (Å²) >= 11 is 1.59. The number of carboxylic acid groups (broad SMARTS) is 1. The number of aryl methyl sites for hydroxylation is 1. The predicted molar refractivity (Wildman–Crippen MR) is 78.4 cm³/mol. The smallest absolute Gasteiger partial charge is 0.305 e. The van der Waals surface area contributed by atoms with E-state index in [1.807, 2.05) is 13.0 Å². The molecule has 2 rings (SSSR count). The third kappa shape index (κ3) is 3.34. The molecule has 20 heavy (non-hydrogen) atoms. The van der Waals surface area contributed by atoms with Crippen molar-refractivity contribution in [1.29, 1.82) is 0 Å². The number of carbonyl (C=O) groups is 1. The van der Waals surface area contributed by atoms with Crippen molar-refractivity contribution in [2.24, 2.45) is 0 Å². The standard InChI is InChI=1S/C13H17NO4S2/c1-10-3-2-4-12(7-10)20(17,18)14-5-6-19-9-11(14)8-13(15)16/h2-4,7,11H,5-6,8-9H2,1H3,(H,15,16). The Morgan fingerprint density at radius 2 is 2.25 bits per heavy atom. The van der Waals surface area contributed by atoms with E-state index in [1.165, 1.54) is 4.31 Å². The van der Waals surface area contributed by atoms with E-state index in [2.05, 4.69) is 0 Å². The molecular formula is C13H17NO4S2. The van der Waals surface area contributed by atoms with Gasteiger partial charge in [-0.15, -0.1) is 0 Å². The normalized spacial score (nSPS) is 20.8. The highest BCUT2D eigenvalue weighted by Gasteiger charge is 2.34. The molecule has 1 heterocycles. The van der Waals surface area contributed by atoms with Crippen molar-refractivity contribution in [1.82, 2.24) is 4.31 Å². The average molecular weight is 315 g/mol. The maximum Gasteiger partial charge on any atom is 0.305 e. The summed E-state index contributed by atoms with van der Waals surface area (Å²) in [7, 11) is -3.62. The lowest BCUT2D eigenvalue weighted by Crippen LogP contribution is -2.46. The Labute approximate surface area is 123 Å². The van der Waals surface area contributed by atoms with E-state index in [0.29, 0.717) is 18.1 Å². The fraction of sp³-hybridized carbons (Fsp3) is 0.462. The van der Waals surface area contributed by atoms with Crippen molar-refractivity contribution < 1.29 is 18.3 Å². The number of rotatable bonds is 4. The second-order valence-corrected chi connectivity index (χ2v) is 7.80. The molecule has 1 unspecified atom stereocenters. The number of sulfonamides is 1. The second kappa shape index (κ2) is 6.15. The molecule has 1 saturated heterocycles. The molecule has 0 radical (unpaired) electrons. The Morgan fingerprint density at radius 3 is 2.90 bits per heavy atom. The number of hydrogen-bond donors (Lipinski definition) is 1. The Hall–Kier alpha value is -1.05. The predicted octanol–water partition coefficient (Wildman–Crippen LogP) is 1.58. The Balaban J connectivity index is 2.33. The van der Waals surface area contributed by atoms with Crippen LogP contribution in [0.5, 0.6) is 0 Å². The molecule has 0 saturated carbocycles. The zero-order valence-corrected chi connectivity index (χ0v) is 12.8. The van der Waals surface area contributed by atoms with Gasteiger partial charge in [0, 0.05) is 24.1 Å². The van der Waals surface area contributed by atoms with Crippen LogP contribution in [0.15, 0.2) is 29.2 Å². The minimum Gasteiger partial charge on any atom is -0.481 e. The summed E-state index contributed by atoms with van der Waals surface area (Å²) < 4.78 is 26.6. The van der Waals surface area contributed by atoms with Gasteiger partial charge in [0.25, 0.3) is 0 Å². The Morgan fingerprint density at radius 1 is 1.50 bits per heavy atom. The van der Waals surface area contributed by atoms with Gasteiger partial charge in [-0.1, -0.05) is 12.1 Å². The van der Waals surface area contributed by atoms with Crippen LogP contribution in [0.3, 0.4) is 0 Å². The first-order chi connectivity index (χ1) is 9.41. The minimum absolute atomic E-state index is 0.155. The summed E-state index contributed by atoms with van der Waals surface area (Å²) in [5.41, 5.74) is 0.868. The molecule has 0 bridgehead atoms. The van der Waals surface area contributed by atoms with Gasteiger partial charge in [-0.05, 0) is 24.6 Å². The highest BCUT2D eigenvalue weighted by Crippen LogP contribution is 2.26. The molecule has 5 nitrogen and oxygen atoms in total. The van der Waals surface area contributed by atoms with Crippen LogP contribution >= 0.6 is 11.8 Å². The number of carboxylic acids is 1. The van der Waals surface area contributed by atoms with Crippen LogP contribution in [-0.4, -0.2) is 47.9 Å². The first-order valence-corrected chi connectivity index (χ1v) is 8.89. The highest BCUT2D eigenvalue weighted by atomic mass is 32.2. The molecule has 1 fully saturated rings. The van der Waals surface area contributed by atoms with Crippen molar-refractivity contribution >= 4 is 27.8 Å². The quantitative estimate of drug-likeness (QED) is 0.913. The average Bonchev–Trinajstić information content (AvgIpc) is 2.38. The van der Waals surface area contributed by atoms with Crippen LogP contribution in [-0.2, 0) is 14.8 Å². The van der Waals surface area contributed by atoms with E-state index >= 15 is 0 Å². The van der Waals surface area contributed by atoms with E-state index < -0.39 is 22.0 Å². The maximum absolute atomic E-state index is 12.7. The molecule has 0 aromatic heterocycles. The molecule has 0 spiro atoms. The van der Waals surface area contributed by atoms with Crippen molar-refractivity contribution in [3.05, 3.63) is 29.8 Å². The van der Waals surface area contributed by atoms with Gasteiger partial charge in [-0.25, -0.2) is 8.42 Å². The zero-order valence-electron chi connectivity index (χ0n) is 11.2. The number of aliphatic carboxylic acids is 1. The largest absolute Gasteiger partial charge is 0.481 e. The maximum atomic E-state index is 12.7. The van der Waals surface area contributed by atoms with Crippen LogP contribution in [0.2, 0.25) is 0 Å². The Bertz CT molecular complexity index is 600. The van der Waals surface area contributed by atoms with E-state index in [1.54, 1.807) is 30.0 Å². The van der Waals surface area contributed by atoms with E-state index in [-0.39, 0.29) is 11.3 Å².